The first kappa shape index (κ1) is 28.6. The molecule has 0 aliphatic heterocycles. The number of hydrogen-bond acceptors (Lipinski definition) is 5. The summed E-state index contributed by atoms with van der Waals surface area (Å²) >= 11 is 0. The molecule has 1 amide bonds. The number of aliphatic hydroxyl groups is 1. The second-order valence-corrected chi connectivity index (χ2v) is 14.1. The van der Waals surface area contributed by atoms with Gasteiger partial charge >= 0.3 is 6.09 Å². The van der Waals surface area contributed by atoms with E-state index in [1.807, 2.05) is 0 Å². The number of aliphatic hydroxyl groups excluding tert-OH is 1. The van der Waals surface area contributed by atoms with Crippen molar-refractivity contribution in [2.75, 3.05) is 54.4 Å². The summed E-state index contributed by atoms with van der Waals surface area (Å²) in [5.74, 6) is 2.52. The van der Waals surface area contributed by atoms with Crippen LogP contribution in [0.15, 0.2) is 16.8 Å². The summed E-state index contributed by atoms with van der Waals surface area (Å²) in [4.78, 5) is 19.6. The van der Waals surface area contributed by atoms with Crippen LogP contribution in [0.25, 0.3) is 0 Å². The van der Waals surface area contributed by atoms with Crippen molar-refractivity contribution in [2.24, 2.45) is 39.7 Å². The van der Waals surface area contributed by atoms with E-state index in [1.54, 1.807) is 11.9 Å². The fourth-order valence-corrected chi connectivity index (χ4v) is 8.45. The minimum absolute atomic E-state index is 0.148. The number of carbonyl (C=O) groups excluding carboxylic acids is 1. The Kier molecular flexibility index (Phi) is 8.47. The summed E-state index contributed by atoms with van der Waals surface area (Å²) in [5, 5.41) is 18.1. The van der Waals surface area contributed by atoms with Crippen molar-refractivity contribution >= 4 is 11.8 Å². The summed E-state index contributed by atoms with van der Waals surface area (Å²) in [6.07, 6.45) is 10.9. The lowest BCUT2D eigenvalue weighted by atomic mass is 9.47. The van der Waals surface area contributed by atoms with Crippen LogP contribution in [0.1, 0.15) is 72.1 Å². The van der Waals surface area contributed by atoms with Crippen LogP contribution in [-0.2, 0) is 4.84 Å². The molecule has 7 atom stereocenters. The average Bonchev–Trinajstić information content (AvgIpc) is 3.19. The van der Waals surface area contributed by atoms with E-state index in [-0.39, 0.29) is 23.0 Å². The smallest absolute Gasteiger partial charge is 0.393 e. The summed E-state index contributed by atoms with van der Waals surface area (Å²) < 4.78 is 0.919. The number of rotatable bonds is 8. The van der Waals surface area contributed by atoms with Crippen molar-refractivity contribution in [2.45, 2.75) is 78.2 Å². The summed E-state index contributed by atoms with van der Waals surface area (Å²) in [7, 11) is 8.30. The SMILES string of the molecule is C/C(=N\OC(=O)N(C)CCNCC[N+](C)(C)C)[C@H]1CC[C@H]2[C@@H]3CC=C4C[C@@H](O)CC[C@]4(C)[C@H]3CC[C@]12C. The molecule has 4 aliphatic rings. The lowest BCUT2D eigenvalue weighted by Crippen LogP contribution is -2.50. The lowest BCUT2D eigenvalue weighted by molar-refractivity contribution is -0.869. The molecule has 7 heteroatoms. The molecule has 0 bridgehead atoms. The molecule has 3 fully saturated rings. The zero-order valence-electron chi connectivity index (χ0n) is 24.6. The first-order valence-electron chi connectivity index (χ1n) is 14.7. The van der Waals surface area contributed by atoms with E-state index >= 15 is 0 Å². The third-order valence-electron chi connectivity index (χ3n) is 10.7. The number of allylic oxidation sites excluding steroid dienone is 1. The predicted octanol–water partition coefficient (Wildman–Crippen LogP) is 4.67. The minimum atomic E-state index is -0.381. The van der Waals surface area contributed by atoms with Gasteiger partial charge in [0.2, 0.25) is 0 Å². The first-order valence-corrected chi connectivity index (χ1v) is 14.7. The fraction of sp³-hybridized carbons (Fsp3) is 0.867. The average molecular weight is 518 g/mol. The second-order valence-electron chi connectivity index (χ2n) is 14.1. The predicted molar refractivity (Wildman–Crippen MR) is 149 cm³/mol. The zero-order valence-corrected chi connectivity index (χ0v) is 24.6. The molecular weight excluding hydrogens is 464 g/mol. The van der Waals surface area contributed by atoms with Crippen molar-refractivity contribution in [1.82, 2.24) is 10.2 Å². The molecule has 0 spiro atoms. The number of likely N-dealkylation sites (N-methyl/N-ethyl adjacent to an activating group) is 2. The highest BCUT2D eigenvalue weighted by molar-refractivity contribution is 5.85. The summed E-state index contributed by atoms with van der Waals surface area (Å²) in [6, 6.07) is 0. The fourth-order valence-electron chi connectivity index (χ4n) is 8.45. The molecule has 0 saturated heterocycles. The number of oxime groups is 1. The Bertz CT molecular complexity index is 896. The van der Waals surface area contributed by atoms with Gasteiger partial charge in [0, 0.05) is 32.6 Å². The largest absolute Gasteiger partial charge is 0.435 e. The summed E-state index contributed by atoms with van der Waals surface area (Å²) in [6.45, 7) is 10.3. The van der Waals surface area contributed by atoms with Gasteiger partial charge in [-0.15, -0.1) is 0 Å². The van der Waals surface area contributed by atoms with E-state index in [0.29, 0.717) is 18.4 Å². The third-order valence-corrected chi connectivity index (χ3v) is 10.7. The van der Waals surface area contributed by atoms with E-state index < -0.39 is 0 Å². The molecule has 4 rings (SSSR count). The summed E-state index contributed by atoms with van der Waals surface area (Å²) in [5.41, 5.74) is 3.00. The van der Waals surface area contributed by atoms with Crippen LogP contribution >= 0.6 is 0 Å². The zero-order chi connectivity index (χ0) is 27.0. The Morgan fingerprint density at radius 3 is 2.65 bits per heavy atom. The van der Waals surface area contributed by atoms with Crippen molar-refractivity contribution in [3.05, 3.63) is 11.6 Å². The monoisotopic (exact) mass is 517 g/mol. The number of quaternary nitrogens is 1. The van der Waals surface area contributed by atoms with Gasteiger partial charge < -0.3 is 19.8 Å². The Hall–Kier alpha value is -1.44. The molecule has 37 heavy (non-hydrogen) atoms. The molecule has 3 saturated carbocycles. The van der Waals surface area contributed by atoms with E-state index in [0.717, 1.165) is 73.8 Å². The van der Waals surface area contributed by atoms with Crippen LogP contribution < -0.4 is 5.32 Å². The molecule has 2 N–H and O–H groups in total. The van der Waals surface area contributed by atoms with E-state index in [1.165, 1.54) is 24.8 Å². The number of fused-ring (bicyclic) bond motifs is 5. The first-order chi connectivity index (χ1) is 17.3. The van der Waals surface area contributed by atoms with Gasteiger partial charge in [0.25, 0.3) is 0 Å². The lowest BCUT2D eigenvalue weighted by Gasteiger charge is -2.58. The minimum Gasteiger partial charge on any atom is -0.393 e. The molecule has 0 aromatic heterocycles. The molecule has 4 aliphatic carbocycles. The number of carbonyl (C=O) groups is 1. The van der Waals surface area contributed by atoms with Crippen molar-refractivity contribution in [3.63, 3.8) is 0 Å². The van der Waals surface area contributed by atoms with Crippen molar-refractivity contribution in [3.8, 4) is 0 Å². The number of nitrogens with one attached hydrogen (secondary N) is 1. The van der Waals surface area contributed by atoms with Crippen LogP contribution in [0.4, 0.5) is 4.79 Å². The molecule has 0 aromatic carbocycles. The van der Waals surface area contributed by atoms with Gasteiger partial charge in [0.1, 0.15) is 0 Å². The van der Waals surface area contributed by atoms with Gasteiger partial charge in [0.15, 0.2) is 0 Å². The molecule has 0 heterocycles. The van der Waals surface area contributed by atoms with Crippen LogP contribution in [0.3, 0.4) is 0 Å². The molecule has 0 radical (unpaired) electrons. The van der Waals surface area contributed by atoms with Crippen LogP contribution in [0.5, 0.6) is 0 Å². The highest BCUT2D eigenvalue weighted by Crippen LogP contribution is 2.66. The maximum Gasteiger partial charge on any atom is 0.435 e. The van der Waals surface area contributed by atoms with Crippen LogP contribution in [-0.4, -0.2) is 86.8 Å². The molecule has 0 aromatic rings. The van der Waals surface area contributed by atoms with E-state index in [4.69, 9.17) is 4.84 Å². The van der Waals surface area contributed by atoms with Crippen molar-refractivity contribution in [1.29, 1.82) is 0 Å². The molecule has 0 unspecified atom stereocenters. The van der Waals surface area contributed by atoms with E-state index in [2.05, 4.69) is 58.5 Å². The third kappa shape index (κ3) is 5.94. The Morgan fingerprint density at radius 2 is 1.92 bits per heavy atom. The van der Waals surface area contributed by atoms with Gasteiger partial charge in [-0.05, 0) is 86.9 Å². The quantitative estimate of drug-likeness (QED) is 0.123. The van der Waals surface area contributed by atoms with Gasteiger partial charge in [-0.3, -0.25) is 4.84 Å². The van der Waals surface area contributed by atoms with Crippen molar-refractivity contribution < 1.29 is 19.2 Å². The molecule has 210 valence electrons. The normalized spacial score (nSPS) is 37.8. The standard InChI is InChI=1S/C30H53N4O3/c1-21(32-37-28(36)33(4)18-16-31-17-19-34(5,6)7)25-10-11-26-24-9-8-22-20-23(35)12-14-29(22,2)27(24)13-15-30(25,26)3/h8,23-27,31,35H,9-20H2,1-7H3/q+1/b32-21+/t23-,24-,25+,26-,27-,29-,30+/m0/s1. The van der Waals surface area contributed by atoms with Crippen LogP contribution in [0.2, 0.25) is 0 Å². The maximum absolute atomic E-state index is 12.6. The Morgan fingerprint density at radius 1 is 1.16 bits per heavy atom. The Labute approximate surface area is 225 Å². The topological polar surface area (TPSA) is 74.2 Å². The second kappa shape index (κ2) is 11.0. The van der Waals surface area contributed by atoms with Gasteiger partial charge in [-0.1, -0.05) is 30.7 Å². The van der Waals surface area contributed by atoms with Gasteiger partial charge in [-0.25, -0.2) is 4.79 Å². The van der Waals surface area contributed by atoms with E-state index in [9.17, 15) is 9.90 Å². The molecule has 7 nitrogen and oxygen atoms in total. The number of amides is 1. The highest BCUT2D eigenvalue weighted by Gasteiger charge is 2.59. The Balaban J connectivity index is 1.33. The van der Waals surface area contributed by atoms with Crippen LogP contribution in [0, 0.1) is 34.5 Å². The molecular formula is C30H53N4O3+. The number of nitrogens with zero attached hydrogens (tertiary/aromatic N) is 3. The highest BCUT2D eigenvalue weighted by atomic mass is 16.7. The number of hydrogen-bond donors (Lipinski definition) is 2. The van der Waals surface area contributed by atoms with Gasteiger partial charge in [-0.2, -0.15) is 0 Å². The maximum atomic E-state index is 12.6. The van der Waals surface area contributed by atoms with Gasteiger partial charge in [0.05, 0.1) is 39.5 Å².